The van der Waals surface area contributed by atoms with Gasteiger partial charge < -0.3 is 11.1 Å². The molecule has 2 aromatic rings. The average molecular weight is 312 g/mol. The minimum atomic E-state index is -4.45. The van der Waals surface area contributed by atoms with Gasteiger partial charge in [0.05, 0.1) is 39.3 Å². The van der Waals surface area contributed by atoms with Crippen molar-refractivity contribution in [3.05, 3.63) is 52.5 Å². The number of nitrogens with one attached hydrogen (secondary N) is 1. The van der Waals surface area contributed by atoms with E-state index in [1.807, 2.05) is 6.07 Å². The summed E-state index contributed by atoms with van der Waals surface area (Å²) < 4.78 is 37.6. The van der Waals surface area contributed by atoms with Gasteiger partial charge in [-0.1, -0.05) is 11.6 Å². The maximum atomic E-state index is 12.5. The van der Waals surface area contributed by atoms with Crippen molar-refractivity contribution in [2.45, 2.75) is 6.18 Å². The van der Waals surface area contributed by atoms with E-state index in [-0.39, 0.29) is 10.7 Å². The highest BCUT2D eigenvalue weighted by atomic mass is 35.5. The number of benzene rings is 2. The van der Waals surface area contributed by atoms with Crippen molar-refractivity contribution in [3.8, 4) is 6.07 Å². The Morgan fingerprint density at radius 2 is 1.76 bits per heavy atom. The van der Waals surface area contributed by atoms with Gasteiger partial charge in [0.2, 0.25) is 0 Å². The molecule has 0 radical (unpaired) electrons. The molecule has 0 saturated carbocycles. The second kappa shape index (κ2) is 5.54. The highest BCUT2D eigenvalue weighted by Crippen LogP contribution is 2.34. The van der Waals surface area contributed by atoms with E-state index in [0.29, 0.717) is 16.9 Å². The van der Waals surface area contributed by atoms with Crippen molar-refractivity contribution >= 4 is 28.7 Å². The molecule has 0 amide bonds. The Hall–Kier alpha value is -2.39. The first-order valence-corrected chi connectivity index (χ1v) is 6.12. The van der Waals surface area contributed by atoms with Gasteiger partial charge in [-0.05, 0) is 36.4 Å². The molecule has 0 aliphatic heterocycles. The molecule has 21 heavy (non-hydrogen) atoms. The summed E-state index contributed by atoms with van der Waals surface area (Å²) in [5.41, 5.74) is 5.87. The normalized spacial score (nSPS) is 11.0. The molecule has 2 rings (SSSR count). The zero-order valence-corrected chi connectivity index (χ0v) is 11.3. The lowest BCUT2D eigenvalue weighted by atomic mass is 10.1. The fraction of sp³-hybridized carbons (Fsp3) is 0.0714. The summed E-state index contributed by atoms with van der Waals surface area (Å²) in [6.07, 6.45) is -4.45. The summed E-state index contributed by atoms with van der Waals surface area (Å²) in [5.74, 6) is 0. The number of nitriles is 1. The number of hydrogen-bond acceptors (Lipinski definition) is 3. The zero-order valence-electron chi connectivity index (χ0n) is 10.5. The lowest BCUT2D eigenvalue weighted by Gasteiger charge is -2.13. The first-order chi connectivity index (χ1) is 9.81. The van der Waals surface area contributed by atoms with Crippen molar-refractivity contribution in [1.29, 1.82) is 5.26 Å². The topological polar surface area (TPSA) is 61.8 Å². The number of nitrogens with two attached hydrogens (primary N) is 1. The average Bonchev–Trinajstić information content (AvgIpc) is 2.41. The maximum Gasteiger partial charge on any atom is 0.416 e. The van der Waals surface area contributed by atoms with Crippen LogP contribution in [0, 0.1) is 11.3 Å². The molecule has 0 bridgehead atoms. The maximum absolute atomic E-state index is 12.5. The number of halogens is 4. The Morgan fingerprint density at radius 3 is 2.29 bits per heavy atom. The number of nitrogens with zero attached hydrogens (tertiary/aromatic N) is 1. The number of alkyl halides is 3. The molecule has 0 heterocycles. The van der Waals surface area contributed by atoms with E-state index in [2.05, 4.69) is 5.32 Å². The Labute approximate surface area is 123 Å². The third-order valence-electron chi connectivity index (χ3n) is 2.75. The molecule has 0 aliphatic rings. The number of nitrogen functional groups attached to an aromatic ring is 1. The van der Waals surface area contributed by atoms with Crippen molar-refractivity contribution in [2.75, 3.05) is 11.1 Å². The van der Waals surface area contributed by atoms with Crippen LogP contribution in [0.5, 0.6) is 0 Å². The molecular formula is C14H9ClF3N3. The summed E-state index contributed by atoms with van der Waals surface area (Å²) in [5, 5.41) is 11.8. The van der Waals surface area contributed by atoms with E-state index < -0.39 is 11.7 Å². The van der Waals surface area contributed by atoms with E-state index in [4.69, 9.17) is 22.6 Å². The first-order valence-electron chi connectivity index (χ1n) is 5.74. The van der Waals surface area contributed by atoms with Crippen LogP contribution in [0.3, 0.4) is 0 Å². The number of rotatable bonds is 2. The standard InChI is InChI=1S/C14H9ClF3N3/c15-10-5-8(7-19)1-3-12(10)21-13-4-2-9(6-11(13)20)14(16,17)18/h1-6,21H,20H2. The highest BCUT2D eigenvalue weighted by Gasteiger charge is 2.30. The minimum absolute atomic E-state index is 0.0507. The molecule has 3 nitrogen and oxygen atoms in total. The van der Waals surface area contributed by atoms with Gasteiger partial charge in [0.15, 0.2) is 0 Å². The van der Waals surface area contributed by atoms with E-state index in [1.54, 1.807) is 6.07 Å². The zero-order chi connectivity index (χ0) is 15.6. The predicted octanol–water partition coefficient (Wildman–Crippen LogP) is 4.56. The van der Waals surface area contributed by atoms with E-state index in [1.165, 1.54) is 18.2 Å². The van der Waals surface area contributed by atoms with Crippen LogP contribution >= 0.6 is 11.6 Å². The van der Waals surface area contributed by atoms with Crippen LogP contribution in [-0.4, -0.2) is 0 Å². The van der Waals surface area contributed by atoms with Gasteiger partial charge in [-0.25, -0.2) is 0 Å². The van der Waals surface area contributed by atoms with Gasteiger partial charge in [-0.15, -0.1) is 0 Å². The summed E-state index contributed by atoms with van der Waals surface area (Å²) in [6, 6.07) is 9.47. The van der Waals surface area contributed by atoms with E-state index in [9.17, 15) is 13.2 Å². The van der Waals surface area contributed by atoms with Crippen LogP contribution in [-0.2, 0) is 6.18 Å². The largest absolute Gasteiger partial charge is 0.416 e. The number of hydrogen-bond donors (Lipinski definition) is 2. The van der Waals surface area contributed by atoms with Crippen molar-refractivity contribution < 1.29 is 13.2 Å². The lowest BCUT2D eigenvalue weighted by Crippen LogP contribution is -2.06. The van der Waals surface area contributed by atoms with Gasteiger partial charge in [0, 0.05) is 0 Å². The molecule has 7 heteroatoms. The summed E-state index contributed by atoms with van der Waals surface area (Å²) in [6.45, 7) is 0. The van der Waals surface area contributed by atoms with Crippen LogP contribution in [0.25, 0.3) is 0 Å². The summed E-state index contributed by atoms with van der Waals surface area (Å²) in [4.78, 5) is 0. The van der Waals surface area contributed by atoms with Crippen LogP contribution in [0.4, 0.5) is 30.2 Å². The quantitative estimate of drug-likeness (QED) is 0.799. The molecule has 0 spiro atoms. The third-order valence-corrected chi connectivity index (χ3v) is 3.06. The highest BCUT2D eigenvalue weighted by molar-refractivity contribution is 6.33. The Morgan fingerprint density at radius 1 is 1.10 bits per heavy atom. The predicted molar refractivity (Wildman–Crippen MR) is 75.3 cm³/mol. The fourth-order valence-corrected chi connectivity index (χ4v) is 1.91. The second-order valence-corrected chi connectivity index (χ2v) is 4.64. The molecule has 0 atom stereocenters. The third kappa shape index (κ3) is 3.38. The van der Waals surface area contributed by atoms with Crippen molar-refractivity contribution in [2.24, 2.45) is 0 Å². The van der Waals surface area contributed by atoms with E-state index in [0.717, 1.165) is 12.1 Å². The first kappa shape index (κ1) is 15.0. The molecule has 0 aliphatic carbocycles. The molecule has 2 aromatic carbocycles. The van der Waals surface area contributed by atoms with Crippen LogP contribution in [0.15, 0.2) is 36.4 Å². The second-order valence-electron chi connectivity index (χ2n) is 4.23. The smallest absolute Gasteiger partial charge is 0.397 e. The van der Waals surface area contributed by atoms with Crippen molar-refractivity contribution in [1.82, 2.24) is 0 Å². The Balaban J connectivity index is 2.31. The summed E-state index contributed by atoms with van der Waals surface area (Å²) >= 11 is 5.98. The molecule has 108 valence electrons. The van der Waals surface area contributed by atoms with Gasteiger partial charge in [-0.3, -0.25) is 0 Å². The summed E-state index contributed by atoms with van der Waals surface area (Å²) in [7, 11) is 0. The molecule has 0 saturated heterocycles. The van der Waals surface area contributed by atoms with Gasteiger partial charge in [0.25, 0.3) is 0 Å². The fourth-order valence-electron chi connectivity index (χ4n) is 1.68. The lowest BCUT2D eigenvalue weighted by molar-refractivity contribution is -0.137. The van der Waals surface area contributed by atoms with Gasteiger partial charge >= 0.3 is 6.18 Å². The molecule has 3 N–H and O–H groups in total. The van der Waals surface area contributed by atoms with Crippen LogP contribution in [0.1, 0.15) is 11.1 Å². The number of anilines is 3. The Bertz CT molecular complexity index is 720. The van der Waals surface area contributed by atoms with E-state index >= 15 is 0 Å². The molecular weight excluding hydrogens is 303 g/mol. The molecule has 0 aromatic heterocycles. The minimum Gasteiger partial charge on any atom is -0.397 e. The van der Waals surface area contributed by atoms with Gasteiger partial charge in [-0.2, -0.15) is 18.4 Å². The monoisotopic (exact) mass is 311 g/mol. The Kier molecular flexibility index (Phi) is 3.96. The SMILES string of the molecule is N#Cc1ccc(Nc2ccc(C(F)(F)F)cc2N)c(Cl)c1. The van der Waals surface area contributed by atoms with Gasteiger partial charge in [0.1, 0.15) is 0 Å². The van der Waals surface area contributed by atoms with Crippen LogP contribution < -0.4 is 11.1 Å². The van der Waals surface area contributed by atoms with Crippen molar-refractivity contribution in [3.63, 3.8) is 0 Å². The molecule has 0 fully saturated rings. The van der Waals surface area contributed by atoms with Crippen LogP contribution in [0.2, 0.25) is 5.02 Å². The molecule has 0 unspecified atom stereocenters.